The van der Waals surface area contributed by atoms with Crippen molar-refractivity contribution in [3.63, 3.8) is 0 Å². The van der Waals surface area contributed by atoms with Gasteiger partial charge >= 0.3 is 0 Å². The summed E-state index contributed by atoms with van der Waals surface area (Å²) in [6.45, 7) is 4.30. The first-order chi connectivity index (χ1) is 8.71. The predicted molar refractivity (Wildman–Crippen MR) is 77.2 cm³/mol. The Balaban J connectivity index is 2.63. The molecule has 4 N–H and O–H groups in total. The molecule has 0 bridgehead atoms. The zero-order chi connectivity index (χ0) is 13.4. The van der Waals surface area contributed by atoms with E-state index in [-0.39, 0.29) is 11.9 Å². The summed E-state index contributed by atoms with van der Waals surface area (Å²) in [5, 5.41) is 17.4. The van der Waals surface area contributed by atoms with Gasteiger partial charge in [0.2, 0.25) is 0 Å². The molecule has 0 spiro atoms. The van der Waals surface area contributed by atoms with Crippen molar-refractivity contribution in [2.24, 2.45) is 10.9 Å². The molecule has 1 aromatic heterocycles. The second-order valence-corrected chi connectivity index (χ2v) is 5.40. The molecule has 2 atom stereocenters. The molecule has 0 aliphatic heterocycles. The van der Waals surface area contributed by atoms with Gasteiger partial charge in [0.25, 0.3) is 0 Å². The van der Waals surface area contributed by atoms with Gasteiger partial charge in [-0.25, -0.2) is 0 Å². The van der Waals surface area contributed by atoms with Gasteiger partial charge in [-0.3, -0.25) is 0 Å². The number of nitrogens with one attached hydrogen (secondary N) is 1. The highest BCUT2D eigenvalue weighted by atomic mass is 32.1. The number of nitrogens with two attached hydrogens (primary N) is 1. The fourth-order valence-corrected chi connectivity index (χ4v) is 2.81. The van der Waals surface area contributed by atoms with Gasteiger partial charge in [-0.2, -0.15) is 0 Å². The number of hydrogen-bond donors (Lipinski definition) is 3. The van der Waals surface area contributed by atoms with Crippen molar-refractivity contribution in [2.75, 3.05) is 0 Å². The van der Waals surface area contributed by atoms with Crippen LogP contribution in [-0.2, 0) is 0 Å². The molecule has 0 saturated heterocycles. The van der Waals surface area contributed by atoms with E-state index < -0.39 is 0 Å². The van der Waals surface area contributed by atoms with Crippen LogP contribution in [0.3, 0.4) is 0 Å². The molecular weight excluding hydrogens is 246 g/mol. The third-order valence-corrected chi connectivity index (χ3v) is 3.96. The first kappa shape index (κ1) is 15.0. The van der Waals surface area contributed by atoms with E-state index in [4.69, 9.17) is 10.9 Å². The fourth-order valence-electron chi connectivity index (χ4n) is 1.98. The van der Waals surface area contributed by atoms with Crippen LogP contribution in [0.1, 0.15) is 50.4 Å². The summed E-state index contributed by atoms with van der Waals surface area (Å²) in [6, 6.07) is 4.86. The summed E-state index contributed by atoms with van der Waals surface area (Å²) in [5.74, 6) is 0.288. The number of rotatable bonds is 8. The summed E-state index contributed by atoms with van der Waals surface area (Å²) >= 11 is 1.77. The van der Waals surface area contributed by atoms with Crippen LogP contribution in [0, 0.1) is 0 Å². The molecule has 1 heterocycles. The molecule has 2 unspecified atom stereocenters. The minimum absolute atomic E-state index is 0.250. The summed E-state index contributed by atoms with van der Waals surface area (Å²) in [6.07, 6.45) is 3.78. The van der Waals surface area contributed by atoms with Crippen LogP contribution < -0.4 is 11.1 Å². The van der Waals surface area contributed by atoms with E-state index >= 15 is 0 Å². The van der Waals surface area contributed by atoms with E-state index in [1.165, 1.54) is 4.88 Å². The third-order valence-electron chi connectivity index (χ3n) is 2.98. The van der Waals surface area contributed by atoms with E-state index in [2.05, 4.69) is 41.8 Å². The van der Waals surface area contributed by atoms with Gasteiger partial charge in [0, 0.05) is 23.4 Å². The molecule has 1 rings (SSSR count). The molecule has 5 heteroatoms. The van der Waals surface area contributed by atoms with E-state index in [0.29, 0.717) is 12.5 Å². The Morgan fingerprint density at radius 3 is 2.83 bits per heavy atom. The standard InChI is InChI=1S/C13H23N3OS/c1-3-6-11(12-7-5-8-18-12)15-10(4-2)9-13(14)16-17/h5,7-8,10-11,15,17H,3-4,6,9H2,1-2H3,(H2,14,16). The average molecular weight is 269 g/mol. The molecule has 4 nitrogen and oxygen atoms in total. The quantitative estimate of drug-likeness (QED) is 0.294. The zero-order valence-corrected chi connectivity index (χ0v) is 11.9. The van der Waals surface area contributed by atoms with Gasteiger partial charge in [0.05, 0.1) is 0 Å². The monoisotopic (exact) mass is 269 g/mol. The van der Waals surface area contributed by atoms with Crippen molar-refractivity contribution in [2.45, 2.75) is 51.6 Å². The number of amidine groups is 1. The van der Waals surface area contributed by atoms with Crippen LogP contribution in [0.2, 0.25) is 0 Å². The summed E-state index contributed by atoms with van der Waals surface area (Å²) in [4.78, 5) is 1.36. The van der Waals surface area contributed by atoms with Crippen molar-refractivity contribution in [3.8, 4) is 0 Å². The molecule has 0 amide bonds. The van der Waals surface area contributed by atoms with E-state index in [1.807, 2.05) is 0 Å². The normalized spacial score (nSPS) is 15.6. The van der Waals surface area contributed by atoms with Gasteiger partial charge in [-0.05, 0) is 24.3 Å². The molecular formula is C13H23N3OS. The lowest BCUT2D eigenvalue weighted by molar-refractivity contribution is 0.314. The van der Waals surface area contributed by atoms with Crippen molar-refractivity contribution in [3.05, 3.63) is 22.4 Å². The number of nitrogens with zero attached hydrogens (tertiary/aromatic N) is 1. The Morgan fingerprint density at radius 1 is 1.56 bits per heavy atom. The molecule has 0 aliphatic carbocycles. The Labute approximate surface area is 113 Å². The van der Waals surface area contributed by atoms with Gasteiger partial charge in [0.1, 0.15) is 5.84 Å². The van der Waals surface area contributed by atoms with Crippen molar-refractivity contribution >= 4 is 17.2 Å². The maximum atomic E-state index is 8.64. The highest BCUT2D eigenvalue weighted by molar-refractivity contribution is 7.10. The van der Waals surface area contributed by atoms with Crippen LogP contribution in [0.5, 0.6) is 0 Å². The van der Waals surface area contributed by atoms with Crippen LogP contribution in [0.25, 0.3) is 0 Å². The molecule has 1 aromatic rings. The topological polar surface area (TPSA) is 70.6 Å². The summed E-state index contributed by atoms with van der Waals surface area (Å²) in [7, 11) is 0. The van der Waals surface area contributed by atoms with Crippen LogP contribution in [0.15, 0.2) is 22.7 Å². The number of oxime groups is 1. The molecule has 0 fully saturated rings. The highest BCUT2D eigenvalue weighted by Crippen LogP contribution is 2.24. The maximum absolute atomic E-state index is 8.64. The third kappa shape index (κ3) is 4.66. The summed E-state index contributed by atoms with van der Waals surface area (Å²) < 4.78 is 0. The second-order valence-electron chi connectivity index (χ2n) is 4.42. The van der Waals surface area contributed by atoms with Crippen molar-refractivity contribution < 1.29 is 5.21 Å². The second kappa shape index (κ2) is 8.11. The number of thiophene rings is 1. The first-order valence-corrected chi connectivity index (χ1v) is 7.35. The smallest absolute Gasteiger partial charge is 0.140 e. The predicted octanol–water partition coefficient (Wildman–Crippen LogP) is 3.09. The van der Waals surface area contributed by atoms with Gasteiger partial charge in [-0.1, -0.05) is 31.5 Å². The van der Waals surface area contributed by atoms with E-state index in [9.17, 15) is 0 Å². The molecule has 0 saturated carbocycles. The van der Waals surface area contributed by atoms with Gasteiger partial charge < -0.3 is 16.3 Å². The SMILES string of the molecule is CCCC(NC(CC)CC(N)=NO)c1cccs1. The largest absolute Gasteiger partial charge is 0.409 e. The Morgan fingerprint density at radius 2 is 2.33 bits per heavy atom. The molecule has 102 valence electrons. The van der Waals surface area contributed by atoms with Gasteiger partial charge in [-0.15, -0.1) is 11.3 Å². The van der Waals surface area contributed by atoms with Gasteiger partial charge in [0.15, 0.2) is 0 Å². The minimum atomic E-state index is 0.250. The van der Waals surface area contributed by atoms with Crippen LogP contribution >= 0.6 is 11.3 Å². The maximum Gasteiger partial charge on any atom is 0.140 e. The fraction of sp³-hybridized carbons (Fsp3) is 0.615. The zero-order valence-electron chi connectivity index (χ0n) is 11.1. The van der Waals surface area contributed by atoms with Crippen molar-refractivity contribution in [1.82, 2.24) is 5.32 Å². The lowest BCUT2D eigenvalue weighted by Gasteiger charge is -2.23. The van der Waals surface area contributed by atoms with Crippen molar-refractivity contribution in [1.29, 1.82) is 0 Å². The average Bonchev–Trinajstić information content (AvgIpc) is 2.90. The lowest BCUT2D eigenvalue weighted by atomic mass is 10.1. The van der Waals surface area contributed by atoms with Crippen LogP contribution in [0.4, 0.5) is 0 Å². The molecule has 0 aromatic carbocycles. The van der Waals surface area contributed by atoms with E-state index in [0.717, 1.165) is 19.3 Å². The molecule has 0 radical (unpaired) electrons. The number of hydrogen-bond acceptors (Lipinski definition) is 4. The molecule has 0 aliphatic rings. The Hall–Kier alpha value is -1.07. The molecule has 18 heavy (non-hydrogen) atoms. The van der Waals surface area contributed by atoms with E-state index in [1.54, 1.807) is 11.3 Å². The Bertz CT molecular complexity index is 351. The lowest BCUT2D eigenvalue weighted by Crippen LogP contribution is -2.35. The summed E-state index contributed by atoms with van der Waals surface area (Å²) in [5.41, 5.74) is 5.58. The Kier molecular flexibility index (Phi) is 6.75. The minimum Gasteiger partial charge on any atom is -0.409 e. The highest BCUT2D eigenvalue weighted by Gasteiger charge is 2.17. The first-order valence-electron chi connectivity index (χ1n) is 6.47. The van der Waals surface area contributed by atoms with Crippen LogP contribution in [-0.4, -0.2) is 17.1 Å².